The Morgan fingerprint density at radius 2 is 1.68 bits per heavy atom. The first kappa shape index (κ1) is 16.1. The molecule has 0 saturated carbocycles. The number of hydrogen-bond donors (Lipinski definition) is 2. The smallest absolute Gasteiger partial charge is 0.282 e. The summed E-state index contributed by atoms with van der Waals surface area (Å²) in [5.74, 6) is -1.97. The van der Waals surface area contributed by atoms with E-state index in [0.717, 1.165) is 22.6 Å². The zero-order valence-corrected chi connectivity index (χ0v) is 12.6. The molecule has 0 heterocycles. The molecule has 1 unspecified atom stereocenters. The van der Waals surface area contributed by atoms with Crippen LogP contribution in [0.2, 0.25) is 0 Å². The second-order valence-corrected chi connectivity index (χ2v) is 5.32. The van der Waals surface area contributed by atoms with Crippen LogP contribution in [0.3, 0.4) is 0 Å². The number of halogens is 2. The summed E-state index contributed by atoms with van der Waals surface area (Å²) in [6.45, 7) is 2.38. The molecule has 0 aliphatic heterocycles. The molecular weight excluding hydrogens is 286 g/mol. The summed E-state index contributed by atoms with van der Waals surface area (Å²) in [5.41, 5.74) is 0.698. The molecule has 0 saturated heterocycles. The maximum Gasteiger partial charge on any atom is 0.282 e. The van der Waals surface area contributed by atoms with Gasteiger partial charge in [0.25, 0.3) is 5.91 Å². The van der Waals surface area contributed by atoms with E-state index in [1.165, 1.54) is 6.07 Å². The van der Waals surface area contributed by atoms with Crippen LogP contribution < -0.4 is 10.2 Å². The molecule has 22 heavy (non-hydrogen) atoms. The van der Waals surface area contributed by atoms with Crippen LogP contribution >= 0.6 is 0 Å². The number of amides is 1. The second-order valence-electron chi connectivity index (χ2n) is 5.32. The quantitative estimate of drug-likeness (QED) is 0.870. The first-order valence-corrected chi connectivity index (χ1v) is 7.10. The van der Waals surface area contributed by atoms with Gasteiger partial charge in [-0.25, -0.2) is 8.78 Å². The van der Waals surface area contributed by atoms with Crippen LogP contribution in [0.1, 0.15) is 12.5 Å². The molecule has 0 spiro atoms. The van der Waals surface area contributed by atoms with Crippen molar-refractivity contribution >= 4 is 11.6 Å². The number of carbonyl (C=O) groups excluding carboxylic acids is 1. The number of carbonyl (C=O) groups is 1. The van der Waals surface area contributed by atoms with Gasteiger partial charge in [-0.3, -0.25) is 4.79 Å². The van der Waals surface area contributed by atoms with Crippen molar-refractivity contribution in [1.29, 1.82) is 0 Å². The van der Waals surface area contributed by atoms with Gasteiger partial charge in [0.15, 0.2) is 6.04 Å². The van der Waals surface area contributed by atoms with Crippen LogP contribution in [-0.2, 0) is 11.3 Å². The molecule has 3 nitrogen and oxygen atoms in total. The first-order valence-electron chi connectivity index (χ1n) is 7.10. The lowest BCUT2D eigenvalue weighted by Gasteiger charge is -2.21. The van der Waals surface area contributed by atoms with Gasteiger partial charge >= 0.3 is 0 Å². The fourth-order valence-corrected chi connectivity index (χ4v) is 2.14. The molecule has 1 amide bonds. The summed E-state index contributed by atoms with van der Waals surface area (Å²) in [7, 11) is 1.87. The van der Waals surface area contributed by atoms with Gasteiger partial charge in [-0.15, -0.1) is 0 Å². The highest BCUT2D eigenvalue weighted by Gasteiger charge is 2.24. The monoisotopic (exact) mass is 305 g/mol. The molecule has 0 bridgehead atoms. The Morgan fingerprint density at radius 3 is 2.27 bits per heavy atom. The first-order chi connectivity index (χ1) is 10.5. The molecule has 0 aliphatic carbocycles. The summed E-state index contributed by atoms with van der Waals surface area (Å²) in [6.07, 6.45) is 0. The number of likely N-dealkylation sites (N-methyl/N-ethyl adjacent to an activating group) is 1. The number of quaternary nitrogens is 1. The van der Waals surface area contributed by atoms with Gasteiger partial charge in [-0.05, 0) is 19.1 Å². The summed E-state index contributed by atoms with van der Waals surface area (Å²) < 4.78 is 27.1. The number of rotatable bonds is 5. The Morgan fingerprint density at radius 1 is 1.09 bits per heavy atom. The minimum absolute atomic E-state index is 0.396. The van der Waals surface area contributed by atoms with Gasteiger partial charge in [0.05, 0.1) is 7.05 Å². The average molecular weight is 305 g/mol. The summed E-state index contributed by atoms with van der Waals surface area (Å²) >= 11 is 0. The molecule has 2 aromatic carbocycles. The second kappa shape index (κ2) is 7.13. The third-order valence-corrected chi connectivity index (χ3v) is 3.67. The van der Waals surface area contributed by atoms with Crippen molar-refractivity contribution in [1.82, 2.24) is 0 Å². The number of nitrogens with one attached hydrogen (secondary N) is 2. The molecule has 2 aromatic rings. The van der Waals surface area contributed by atoms with Crippen LogP contribution in [0, 0.1) is 11.6 Å². The number of anilines is 1. The SMILES string of the molecule is C[C@H](C(=O)Nc1c(F)cccc1F)[NH+](C)Cc1ccccc1. The van der Waals surface area contributed by atoms with Crippen LogP contribution in [-0.4, -0.2) is 19.0 Å². The van der Waals surface area contributed by atoms with E-state index >= 15 is 0 Å². The predicted molar refractivity (Wildman–Crippen MR) is 81.5 cm³/mol. The van der Waals surface area contributed by atoms with E-state index < -0.39 is 29.3 Å². The maximum atomic E-state index is 13.6. The fraction of sp³-hybridized carbons (Fsp3) is 0.235. The Balaban J connectivity index is 2.03. The Labute approximate surface area is 128 Å². The minimum Gasteiger partial charge on any atom is -0.324 e. The lowest BCUT2D eigenvalue weighted by molar-refractivity contribution is -0.907. The molecule has 2 rings (SSSR count). The fourth-order valence-electron chi connectivity index (χ4n) is 2.14. The van der Waals surface area contributed by atoms with Crippen molar-refractivity contribution in [2.75, 3.05) is 12.4 Å². The van der Waals surface area contributed by atoms with Gasteiger partial charge in [0.1, 0.15) is 23.9 Å². The van der Waals surface area contributed by atoms with Crippen molar-refractivity contribution in [3.63, 3.8) is 0 Å². The van der Waals surface area contributed by atoms with Gasteiger partial charge in [-0.2, -0.15) is 0 Å². The highest BCUT2D eigenvalue weighted by atomic mass is 19.1. The maximum absolute atomic E-state index is 13.6. The predicted octanol–water partition coefficient (Wildman–Crippen LogP) is 2.01. The van der Waals surface area contributed by atoms with Gasteiger partial charge in [0, 0.05) is 5.56 Å². The summed E-state index contributed by atoms with van der Waals surface area (Å²) in [4.78, 5) is 13.1. The Kier molecular flexibility index (Phi) is 5.22. The number of hydrogen-bond acceptors (Lipinski definition) is 1. The standard InChI is InChI=1S/C17H18F2N2O/c1-12(21(2)11-13-7-4-3-5-8-13)17(22)20-16-14(18)9-6-10-15(16)19/h3-10,12H,11H2,1-2H3,(H,20,22)/p+1/t12-/m1/s1. The zero-order valence-electron chi connectivity index (χ0n) is 12.6. The molecule has 116 valence electrons. The molecule has 0 fully saturated rings. The largest absolute Gasteiger partial charge is 0.324 e. The topological polar surface area (TPSA) is 33.5 Å². The summed E-state index contributed by atoms with van der Waals surface area (Å²) in [6, 6.07) is 12.8. The lowest BCUT2D eigenvalue weighted by atomic mass is 10.2. The molecule has 0 aliphatic rings. The van der Waals surface area contributed by atoms with Gasteiger partial charge in [-0.1, -0.05) is 36.4 Å². The van der Waals surface area contributed by atoms with Crippen LogP contribution in [0.5, 0.6) is 0 Å². The van der Waals surface area contributed by atoms with E-state index in [1.807, 2.05) is 37.4 Å². The van der Waals surface area contributed by atoms with Crippen molar-refractivity contribution in [3.8, 4) is 0 Å². The molecular formula is C17H19F2N2O+. The molecule has 0 aromatic heterocycles. The summed E-state index contributed by atoms with van der Waals surface area (Å²) in [5, 5.41) is 2.34. The van der Waals surface area contributed by atoms with Gasteiger partial charge in [0.2, 0.25) is 0 Å². The normalized spacial score (nSPS) is 13.5. The van der Waals surface area contributed by atoms with Crippen molar-refractivity contribution in [2.45, 2.75) is 19.5 Å². The minimum atomic E-state index is -0.777. The third-order valence-electron chi connectivity index (χ3n) is 3.67. The highest BCUT2D eigenvalue weighted by Crippen LogP contribution is 2.17. The van der Waals surface area contributed by atoms with Crippen LogP contribution in [0.4, 0.5) is 14.5 Å². The molecule has 5 heteroatoms. The highest BCUT2D eigenvalue weighted by molar-refractivity contribution is 5.93. The number of benzene rings is 2. The molecule has 0 radical (unpaired) electrons. The van der Waals surface area contributed by atoms with Crippen LogP contribution in [0.25, 0.3) is 0 Å². The van der Waals surface area contributed by atoms with E-state index in [2.05, 4.69) is 5.32 Å². The average Bonchev–Trinajstić information content (AvgIpc) is 2.51. The van der Waals surface area contributed by atoms with E-state index in [9.17, 15) is 13.6 Å². The van der Waals surface area contributed by atoms with Gasteiger partial charge < -0.3 is 10.2 Å². The van der Waals surface area contributed by atoms with E-state index in [0.29, 0.717) is 6.54 Å². The lowest BCUT2D eigenvalue weighted by Crippen LogP contribution is -3.12. The molecule has 2 N–H and O–H groups in total. The van der Waals surface area contributed by atoms with E-state index in [4.69, 9.17) is 0 Å². The van der Waals surface area contributed by atoms with Crippen molar-refractivity contribution in [2.24, 2.45) is 0 Å². The number of para-hydroxylation sites is 1. The molecule has 2 atom stereocenters. The Bertz CT molecular complexity index is 626. The third kappa shape index (κ3) is 3.89. The van der Waals surface area contributed by atoms with E-state index in [-0.39, 0.29) is 0 Å². The van der Waals surface area contributed by atoms with E-state index in [1.54, 1.807) is 6.92 Å². The Hall–Kier alpha value is -2.27. The van der Waals surface area contributed by atoms with Crippen molar-refractivity contribution < 1.29 is 18.5 Å². The van der Waals surface area contributed by atoms with Crippen LogP contribution in [0.15, 0.2) is 48.5 Å². The zero-order chi connectivity index (χ0) is 16.1. The van der Waals surface area contributed by atoms with Crippen molar-refractivity contribution in [3.05, 3.63) is 65.7 Å².